The number of benzene rings is 1. The maximum Gasteiger partial charge on any atom is 0.417 e. The molecule has 26 heavy (non-hydrogen) atoms. The van der Waals surface area contributed by atoms with Crippen LogP contribution in [0.2, 0.25) is 0 Å². The number of hydrogen-bond donors (Lipinski definition) is 2. The van der Waals surface area contributed by atoms with Crippen LogP contribution in [0, 0.1) is 0 Å². The van der Waals surface area contributed by atoms with Crippen LogP contribution in [-0.4, -0.2) is 44.2 Å². The molecule has 1 aromatic rings. The number of nitrogens with one attached hydrogen (secondary N) is 1. The first kappa shape index (κ1) is 20.0. The number of carbonyl (C=O) groups is 2. The van der Waals surface area contributed by atoms with Crippen molar-refractivity contribution in [1.29, 1.82) is 0 Å². The fraction of sp³-hybridized carbons (Fsp3) is 0.467. The molecule has 0 aromatic heterocycles. The first-order valence-electron chi connectivity index (χ1n) is 7.42. The van der Waals surface area contributed by atoms with Crippen molar-refractivity contribution >= 4 is 27.6 Å². The fourth-order valence-corrected chi connectivity index (χ4v) is 3.54. The molecule has 0 bridgehead atoms. The molecule has 1 fully saturated rings. The normalized spacial score (nSPS) is 16.1. The van der Waals surface area contributed by atoms with Gasteiger partial charge in [-0.2, -0.15) is 13.2 Å². The van der Waals surface area contributed by atoms with E-state index in [1.54, 1.807) is 4.72 Å². The maximum absolute atomic E-state index is 13.2. The van der Waals surface area contributed by atoms with Crippen LogP contribution in [0.5, 0.6) is 0 Å². The van der Waals surface area contributed by atoms with Crippen LogP contribution >= 0.6 is 0 Å². The van der Waals surface area contributed by atoms with Gasteiger partial charge in [-0.3, -0.25) is 4.79 Å². The van der Waals surface area contributed by atoms with Gasteiger partial charge in [0.15, 0.2) is 0 Å². The van der Waals surface area contributed by atoms with E-state index in [0.717, 1.165) is 0 Å². The van der Waals surface area contributed by atoms with Crippen molar-refractivity contribution in [3.63, 3.8) is 0 Å². The summed E-state index contributed by atoms with van der Waals surface area (Å²) >= 11 is 0. The summed E-state index contributed by atoms with van der Waals surface area (Å²) in [7, 11) is -1.29. The van der Waals surface area contributed by atoms with Crippen molar-refractivity contribution < 1.29 is 36.3 Å². The van der Waals surface area contributed by atoms with Gasteiger partial charge in [-0.15, -0.1) is 0 Å². The van der Waals surface area contributed by atoms with E-state index in [-0.39, 0.29) is 5.69 Å². The van der Waals surface area contributed by atoms with Crippen LogP contribution in [0.15, 0.2) is 12.1 Å². The van der Waals surface area contributed by atoms with Gasteiger partial charge in [0.05, 0.1) is 21.4 Å². The molecule has 0 spiro atoms. The number of sulfonamides is 1. The molecule has 0 aliphatic heterocycles. The molecule has 2 N–H and O–H groups in total. The lowest BCUT2D eigenvalue weighted by Gasteiger charge is -2.21. The monoisotopic (exact) mass is 394 g/mol. The van der Waals surface area contributed by atoms with Crippen molar-refractivity contribution in [2.24, 2.45) is 0 Å². The lowest BCUT2D eigenvalue weighted by atomic mass is 10.0. The number of carboxylic acids is 1. The van der Waals surface area contributed by atoms with E-state index >= 15 is 0 Å². The SMILES string of the molecule is CN(C)c1cc(C(=O)O)c(C(F)(F)F)cc1C(=O)NS(=O)(=O)C1(C)CC1. The van der Waals surface area contributed by atoms with Gasteiger partial charge in [-0.25, -0.2) is 17.9 Å². The highest BCUT2D eigenvalue weighted by Gasteiger charge is 2.51. The summed E-state index contributed by atoms with van der Waals surface area (Å²) in [6.07, 6.45) is -4.36. The molecule has 0 saturated heterocycles. The van der Waals surface area contributed by atoms with E-state index in [0.29, 0.717) is 25.0 Å². The third-order valence-corrected chi connectivity index (χ3v) is 6.39. The average molecular weight is 394 g/mol. The Kier molecular flexibility index (Phi) is 4.73. The number of anilines is 1. The molecule has 1 aliphatic carbocycles. The van der Waals surface area contributed by atoms with E-state index in [1.807, 2.05) is 0 Å². The molecule has 0 unspecified atom stereocenters. The molecule has 0 heterocycles. The number of carboxylic acid groups (broad SMARTS) is 1. The number of alkyl halides is 3. The predicted molar refractivity (Wildman–Crippen MR) is 86.8 cm³/mol. The summed E-state index contributed by atoms with van der Waals surface area (Å²) in [5.74, 6) is -3.06. The molecule has 1 saturated carbocycles. The predicted octanol–water partition coefficient (Wildman–Crippen LogP) is 2.08. The van der Waals surface area contributed by atoms with Gasteiger partial charge in [-0.1, -0.05) is 0 Å². The highest BCUT2D eigenvalue weighted by atomic mass is 32.2. The standard InChI is InChI=1S/C15H17F3N2O5S/c1-14(4-5-14)26(24,25)19-12(21)9-6-10(15(16,17)18)8(13(22)23)7-11(9)20(2)3/h6-7H,4-5H2,1-3H3,(H,19,21)(H,22,23). The van der Waals surface area contributed by atoms with Gasteiger partial charge in [-0.05, 0) is 31.9 Å². The van der Waals surface area contributed by atoms with Crippen molar-refractivity contribution in [3.05, 3.63) is 28.8 Å². The largest absolute Gasteiger partial charge is 0.478 e. The molecule has 1 amide bonds. The first-order valence-corrected chi connectivity index (χ1v) is 8.90. The van der Waals surface area contributed by atoms with Gasteiger partial charge in [0, 0.05) is 19.8 Å². The Balaban J connectivity index is 2.59. The second kappa shape index (κ2) is 6.15. The maximum atomic E-state index is 13.2. The zero-order chi connectivity index (χ0) is 20.1. The lowest BCUT2D eigenvalue weighted by molar-refractivity contribution is -0.138. The second-order valence-corrected chi connectivity index (χ2v) is 8.69. The summed E-state index contributed by atoms with van der Waals surface area (Å²) in [4.78, 5) is 24.8. The van der Waals surface area contributed by atoms with E-state index < -0.39 is 49.5 Å². The lowest BCUT2D eigenvalue weighted by Crippen LogP contribution is -2.39. The molecule has 1 aliphatic rings. The van der Waals surface area contributed by atoms with Gasteiger partial charge in [0.25, 0.3) is 5.91 Å². The molecule has 1 aromatic carbocycles. The molecular formula is C15H17F3N2O5S. The van der Waals surface area contributed by atoms with E-state index in [1.165, 1.54) is 25.9 Å². The zero-order valence-electron chi connectivity index (χ0n) is 14.1. The molecule has 0 radical (unpaired) electrons. The first-order chi connectivity index (χ1) is 11.7. The number of aromatic carboxylic acids is 1. The zero-order valence-corrected chi connectivity index (χ0v) is 15.0. The highest BCUT2D eigenvalue weighted by Crippen LogP contribution is 2.42. The van der Waals surface area contributed by atoms with Crippen LogP contribution in [0.3, 0.4) is 0 Å². The highest BCUT2D eigenvalue weighted by molar-refractivity contribution is 7.91. The summed E-state index contributed by atoms with van der Waals surface area (Å²) in [6.45, 7) is 1.42. The van der Waals surface area contributed by atoms with Gasteiger partial charge < -0.3 is 10.0 Å². The van der Waals surface area contributed by atoms with Crippen LogP contribution in [0.4, 0.5) is 18.9 Å². The average Bonchev–Trinajstić information content (AvgIpc) is 3.24. The quantitative estimate of drug-likeness (QED) is 0.793. The molecular weight excluding hydrogens is 377 g/mol. The third-order valence-electron chi connectivity index (χ3n) is 4.23. The van der Waals surface area contributed by atoms with Crippen molar-refractivity contribution in [3.8, 4) is 0 Å². The Morgan fingerprint density at radius 3 is 2.12 bits per heavy atom. The Hall–Kier alpha value is -2.30. The van der Waals surface area contributed by atoms with Crippen LogP contribution in [0.25, 0.3) is 0 Å². The summed E-state index contributed by atoms with van der Waals surface area (Å²) in [6, 6.07) is 1.06. The number of hydrogen-bond acceptors (Lipinski definition) is 5. The number of nitrogens with zero attached hydrogens (tertiary/aromatic N) is 1. The minimum absolute atomic E-state index is 0.149. The minimum atomic E-state index is -5.03. The van der Waals surface area contributed by atoms with Crippen LogP contribution < -0.4 is 9.62 Å². The van der Waals surface area contributed by atoms with Crippen molar-refractivity contribution in [2.45, 2.75) is 30.7 Å². The second-order valence-electron chi connectivity index (χ2n) is 6.50. The minimum Gasteiger partial charge on any atom is -0.478 e. The number of halogens is 3. The molecule has 0 atom stereocenters. The number of amides is 1. The Labute approximate surface area is 147 Å². The summed E-state index contributed by atoms with van der Waals surface area (Å²) < 4.78 is 64.6. The van der Waals surface area contributed by atoms with Gasteiger partial charge in [0.1, 0.15) is 0 Å². The Morgan fingerprint density at radius 2 is 1.73 bits per heavy atom. The van der Waals surface area contributed by atoms with Gasteiger partial charge in [0.2, 0.25) is 10.0 Å². The van der Waals surface area contributed by atoms with Crippen LogP contribution in [-0.2, 0) is 16.2 Å². The van der Waals surface area contributed by atoms with Crippen molar-refractivity contribution in [1.82, 2.24) is 4.72 Å². The fourth-order valence-electron chi connectivity index (χ4n) is 2.30. The van der Waals surface area contributed by atoms with Crippen LogP contribution in [0.1, 0.15) is 46.0 Å². The van der Waals surface area contributed by atoms with E-state index in [4.69, 9.17) is 5.11 Å². The smallest absolute Gasteiger partial charge is 0.417 e. The topological polar surface area (TPSA) is 104 Å². The summed E-state index contributed by atoms with van der Waals surface area (Å²) in [5, 5.41) is 9.05. The Bertz CT molecular complexity index is 874. The molecule has 144 valence electrons. The van der Waals surface area contributed by atoms with Crippen molar-refractivity contribution in [2.75, 3.05) is 19.0 Å². The number of carbonyl (C=O) groups excluding carboxylic acids is 1. The van der Waals surface area contributed by atoms with Gasteiger partial charge >= 0.3 is 12.1 Å². The Morgan fingerprint density at radius 1 is 1.19 bits per heavy atom. The molecule has 7 nitrogen and oxygen atoms in total. The number of rotatable bonds is 5. The van der Waals surface area contributed by atoms with E-state index in [9.17, 15) is 31.2 Å². The summed E-state index contributed by atoms with van der Waals surface area (Å²) in [5.41, 5.74) is -3.30. The van der Waals surface area contributed by atoms with E-state index in [2.05, 4.69) is 0 Å². The molecule has 11 heteroatoms. The third kappa shape index (κ3) is 3.62. The molecule has 2 rings (SSSR count).